The number of methoxy groups -OCH3 is 1. The summed E-state index contributed by atoms with van der Waals surface area (Å²) in [6, 6.07) is 7.60. The van der Waals surface area contributed by atoms with E-state index in [2.05, 4.69) is 15.2 Å². The van der Waals surface area contributed by atoms with Crippen molar-refractivity contribution in [3.05, 3.63) is 24.3 Å². The van der Waals surface area contributed by atoms with Gasteiger partial charge >= 0.3 is 0 Å². The Morgan fingerprint density at radius 2 is 2.08 bits per heavy atom. The van der Waals surface area contributed by atoms with Crippen molar-refractivity contribution in [3.8, 4) is 11.5 Å². The summed E-state index contributed by atoms with van der Waals surface area (Å²) in [5, 5.41) is 3.29. The molecule has 0 radical (unpaired) electrons. The van der Waals surface area contributed by atoms with Crippen LogP contribution in [-0.4, -0.2) is 65.0 Å². The van der Waals surface area contributed by atoms with Gasteiger partial charge in [-0.1, -0.05) is 6.07 Å². The Balaban J connectivity index is 1.61. The first-order chi connectivity index (χ1) is 11.7. The Morgan fingerprint density at radius 1 is 1.29 bits per heavy atom. The maximum absolute atomic E-state index is 5.71. The van der Waals surface area contributed by atoms with Gasteiger partial charge in [0.2, 0.25) is 0 Å². The summed E-state index contributed by atoms with van der Waals surface area (Å²) in [5.41, 5.74) is 0. The lowest BCUT2D eigenvalue weighted by molar-refractivity contribution is 0.115. The zero-order chi connectivity index (χ0) is 17.2. The van der Waals surface area contributed by atoms with E-state index in [0.29, 0.717) is 13.2 Å². The van der Waals surface area contributed by atoms with E-state index in [-0.39, 0.29) is 0 Å². The monoisotopic (exact) mass is 335 g/mol. The quantitative estimate of drug-likeness (QED) is 0.403. The number of hydrogen-bond acceptors (Lipinski definition) is 4. The average molecular weight is 335 g/mol. The zero-order valence-electron chi connectivity index (χ0n) is 15.0. The number of hydrogen-bond donors (Lipinski definition) is 1. The first kappa shape index (κ1) is 18.4. The lowest BCUT2D eigenvalue weighted by Gasteiger charge is -2.22. The second-order valence-electron chi connectivity index (χ2n) is 5.94. The number of nitrogens with one attached hydrogen (secondary N) is 1. The molecule has 0 unspecified atom stereocenters. The predicted octanol–water partition coefficient (Wildman–Crippen LogP) is 2.01. The molecular weight excluding hydrogens is 306 g/mol. The van der Waals surface area contributed by atoms with Crippen LogP contribution in [0.2, 0.25) is 0 Å². The van der Waals surface area contributed by atoms with Crippen LogP contribution in [0.15, 0.2) is 29.3 Å². The van der Waals surface area contributed by atoms with Crippen LogP contribution >= 0.6 is 0 Å². The van der Waals surface area contributed by atoms with Crippen LogP contribution in [0.5, 0.6) is 11.5 Å². The van der Waals surface area contributed by atoms with Gasteiger partial charge in [0.15, 0.2) is 5.96 Å². The minimum Gasteiger partial charge on any atom is -0.497 e. The average Bonchev–Trinajstić information content (AvgIpc) is 3.43. The summed E-state index contributed by atoms with van der Waals surface area (Å²) in [4.78, 5) is 6.35. The molecule has 0 heterocycles. The molecule has 0 aromatic heterocycles. The fraction of sp³-hybridized carbons (Fsp3) is 0.611. The number of guanidine groups is 1. The SMILES string of the molecule is CN=C(NCCOc1cccc(OC)c1)N(C)CCOCC1CC1. The Morgan fingerprint density at radius 3 is 2.79 bits per heavy atom. The van der Waals surface area contributed by atoms with Gasteiger partial charge in [-0.15, -0.1) is 0 Å². The molecule has 1 aliphatic carbocycles. The number of benzene rings is 1. The molecule has 0 bridgehead atoms. The summed E-state index contributed by atoms with van der Waals surface area (Å²) in [6.07, 6.45) is 2.65. The van der Waals surface area contributed by atoms with Gasteiger partial charge in [0, 0.05) is 33.3 Å². The number of nitrogens with zero attached hydrogens (tertiary/aromatic N) is 2. The molecule has 0 amide bonds. The molecule has 0 atom stereocenters. The highest BCUT2D eigenvalue weighted by Crippen LogP contribution is 2.28. The molecule has 1 saturated carbocycles. The molecule has 24 heavy (non-hydrogen) atoms. The van der Waals surface area contributed by atoms with E-state index in [1.807, 2.05) is 31.3 Å². The summed E-state index contributed by atoms with van der Waals surface area (Å²) in [7, 11) is 5.44. The Hall–Kier alpha value is -1.95. The molecule has 0 saturated heterocycles. The maximum Gasteiger partial charge on any atom is 0.193 e. The number of ether oxygens (including phenoxy) is 3. The van der Waals surface area contributed by atoms with Crippen molar-refractivity contribution in [1.29, 1.82) is 0 Å². The summed E-state index contributed by atoms with van der Waals surface area (Å²) >= 11 is 0. The summed E-state index contributed by atoms with van der Waals surface area (Å²) in [6.45, 7) is 3.68. The van der Waals surface area contributed by atoms with Gasteiger partial charge in [-0.05, 0) is 30.9 Å². The van der Waals surface area contributed by atoms with Crippen molar-refractivity contribution in [3.63, 3.8) is 0 Å². The maximum atomic E-state index is 5.71. The highest BCUT2D eigenvalue weighted by atomic mass is 16.5. The van der Waals surface area contributed by atoms with Gasteiger partial charge in [-0.3, -0.25) is 4.99 Å². The topological polar surface area (TPSA) is 55.3 Å². The van der Waals surface area contributed by atoms with E-state index in [0.717, 1.165) is 43.1 Å². The normalized spacial score (nSPS) is 14.4. The van der Waals surface area contributed by atoms with E-state index >= 15 is 0 Å². The molecule has 6 nitrogen and oxygen atoms in total. The van der Waals surface area contributed by atoms with Gasteiger partial charge in [0.1, 0.15) is 18.1 Å². The van der Waals surface area contributed by atoms with Crippen molar-refractivity contribution in [2.24, 2.45) is 10.9 Å². The smallest absolute Gasteiger partial charge is 0.193 e. The molecule has 134 valence electrons. The molecule has 1 aliphatic rings. The second kappa shape index (κ2) is 10.0. The molecule has 1 fully saturated rings. The number of rotatable bonds is 10. The fourth-order valence-corrected chi connectivity index (χ4v) is 2.25. The molecule has 1 N–H and O–H groups in total. The van der Waals surface area contributed by atoms with Crippen LogP contribution in [0.4, 0.5) is 0 Å². The van der Waals surface area contributed by atoms with Crippen molar-refractivity contribution in [2.45, 2.75) is 12.8 Å². The third-order valence-electron chi connectivity index (χ3n) is 3.89. The molecule has 2 rings (SSSR count). The van der Waals surface area contributed by atoms with Crippen molar-refractivity contribution >= 4 is 5.96 Å². The van der Waals surface area contributed by atoms with Gasteiger partial charge in [0.05, 0.1) is 20.3 Å². The van der Waals surface area contributed by atoms with Crippen molar-refractivity contribution in [1.82, 2.24) is 10.2 Å². The third kappa shape index (κ3) is 6.66. The molecule has 1 aromatic rings. The Kier molecular flexibility index (Phi) is 7.68. The number of aliphatic imine (C=N–C) groups is 1. The Labute approximate surface area is 144 Å². The predicted molar refractivity (Wildman–Crippen MR) is 96.0 cm³/mol. The molecular formula is C18H29N3O3. The van der Waals surface area contributed by atoms with E-state index in [1.54, 1.807) is 14.2 Å². The van der Waals surface area contributed by atoms with Crippen molar-refractivity contribution in [2.75, 3.05) is 54.1 Å². The highest BCUT2D eigenvalue weighted by molar-refractivity contribution is 5.79. The summed E-state index contributed by atoms with van der Waals surface area (Å²) in [5.74, 6) is 3.25. The fourth-order valence-electron chi connectivity index (χ4n) is 2.25. The molecule has 0 aliphatic heterocycles. The van der Waals surface area contributed by atoms with Gasteiger partial charge in [-0.25, -0.2) is 0 Å². The first-order valence-corrected chi connectivity index (χ1v) is 8.49. The van der Waals surface area contributed by atoms with Crippen LogP contribution in [0.1, 0.15) is 12.8 Å². The minimum atomic E-state index is 0.554. The van der Waals surface area contributed by atoms with Crippen LogP contribution < -0.4 is 14.8 Å². The Bertz CT molecular complexity index is 518. The largest absolute Gasteiger partial charge is 0.497 e. The lowest BCUT2D eigenvalue weighted by atomic mass is 10.3. The zero-order valence-corrected chi connectivity index (χ0v) is 15.0. The van der Waals surface area contributed by atoms with Crippen LogP contribution in [-0.2, 0) is 4.74 Å². The minimum absolute atomic E-state index is 0.554. The molecule has 1 aromatic carbocycles. The van der Waals surface area contributed by atoms with Crippen LogP contribution in [0.3, 0.4) is 0 Å². The standard InChI is InChI=1S/C18H29N3O3/c1-19-18(21(2)10-12-23-14-15-7-8-15)20-9-11-24-17-6-4-5-16(13-17)22-3/h4-6,13,15H,7-12,14H2,1-3H3,(H,19,20). The van der Waals surface area contributed by atoms with E-state index in [1.165, 1.54) is 12.8 Å². The van der Waals surface area contributed by atoms with Crippen molar-refractivity contribution < 1.29 is 14.2 Å². The highest BCUT2D eigenvalue weighted by Gasteiger charge is 2.21. The van der Waals surface area contributed by atoms with E-state index in [4.69, 9.17) is 14.2 Å². The first-order valence-electron chi connectivity index (χ1n) is 8.49. The van der Waals surface area contributed by atoms with Crippen LogP contribution in [0.25, 0.3) is 0 Å². The third-order valence-corrected chi connectivity index (χ3v) is 3.89. The van der Waals surface area contributed by atoms with Gasteiger partial charge in [0.25, 0.3) is 0 Å². The van der Waals surface area contributed by atoms with Crippen LogP contribution in [0, 0.1) is 5.92 Å². The number of likely N-dealkylation sites (N-methyl/N-ethyl adjacent to an activating group) is 1. The molecule has 6 heteroatoms. The molecule has 0 spiro atoms. The van der Waals surface area contributed by atoms with E-state index in [9.17, 15) is 0 Å². The van der Waals surface area contributed by atoms with E-state index < -0.39 is 0 Å². The van der Waals surface area contributed by atoms with Gasteiger partial charge in [-0.2, -0.15) is 0 Å². The lowest BCUT2D eigenvalue weighted by Crippen LogP contribution is -2.42. The second-order valence-corrected chi connectivity index (χ2v) is 5.94. The summed E-state index contributed by atoms with van der Waals surface area (Å²) < 4.78 is 16.6. The van der Waals surface area contributed by atoms with Gasteiger partial charge < -0.3 is 24.4 Å².